The number of aliphatic hydroxyl groups is 1. The molecule has 502 valence electrons. The highest BCUT2D eigenvalue weighted by molar-refractivity contribution is 8.76. The second-order valence-corrected chi connectivity index (χ2v) is 24.8. The summed E-state index contributed by atoms with van der Waals surface area (Å²) < 4.78 is 0. The molecule has 0 radical (unpaired) electrons. The SMILES string of the molecule is C[C@@H]1NC(=O)[C@H](CCC(=O)O)NC(=O)[C@H](Cc2ccc(-c3ccccc3)cc2)NC(=O)[C@H](CCCN=C(N)N)NC(=O)[C@@H](Cc2ccccc2)NC(=O)[C@H](Cc2cnc[nH]2)NC(=O)[C@@H](NC(=O)[C@H](N)Cc2ccccc2)CSSC[C@H](C(=O)N[C@H](C(N)=O)[C@@H](C)O)NC1=O. The maximum Gasteiger partial charge on any atom is 0.303 e. The first-order chi connectivity index (χ1) is 44.9. The van der Waals surface area contributed by atoms with Gasteiger partial charge in [0.15, 0.2) is 5.96 Å². The fraction of sp³-hybridized carbons (Fsp3) is 0.381. The summed E-state index contributed by atoms with van der Waals surface area (Å²) in [4.78, 5) is 166. The molecule has 11 atom stereocenters. The van der Waals surface area contributed by atoms with E-state index in [0.717, 1.165) is 32.7 Å². The standard InChI is InChI=1S/C63H80N16O13S2/c1-35-54(84)77-50(62(92)79-52(36(2)80)53(65)83)33-94-93-32-49(78-55(85)43(64)27-37-13-6-3-7-14-37)61(91)76-48(30-42-31-68-34-70-42)60(90)75-46(28-38-15-8-4-9-16-38)58(88)72-44(19-12-26-69-63(66)67)57(87)74-47(59(89)73-45(56(86)71-35)24-25-51(81)82)29-39-20-22-41(23-21-39)40-17-10-5-11-18-40/h3-11,13-18,20-23,31,34-36,43-50,52,80H,12,19,24-30,32-33,64H2,1-2H3,(H2,65,83)(H,68,70)(H,71,86)(H,72,88)(H,73,89)(H,74,87)(H,75,90)(H,76,91)(H,77,84)(H,78,85)(H,79,92)(H,81,82)(H4,66,67,69)/t35-,36+,43+,44-,45-,46+,47-,48-,49-,50+,52-/m0/s1. The van der Waals surface area contributed by atoms with Crippen LogP contribution in [-0.4, -0.2) is 176 Å². The maximum atomic E-state index is 15.0. The fourth-order valence-electron chi connectivity index (χ4n) is 9.66. The largest absolute Gasteiger partial charge is 0.481 e. The predicted octanol–water partition coefficient (Wildman–Crippen LogP) is -1.76. The quantitative estimate of drug-likeness (QED) is 0.0158. The van der Waals surface area contributed by atoms with Gasteiger partial charge in [-0.2, -0.15) is 0 Å². The molecule has 0 spiro atoms. The van der Waals surface area contributed by atoms with Gasteiger partial charge in [0.05, 0.1) is 18.5 Å². The molecule has 1 aromatic heterocycles. The van der Waals surface area contributed by atoms with E-state index in [-0.39, 0.29) is 62.5 Å². The van der Waals surface area contributed by atoms with E-state index in [9.17, 15) is 63.0 Å². The number of benzene rings is 4. The van der Waals surface area contributed by atoms with Gasteiger partial charge in [0, 0.05) is 55.6 Å². The van der Waals surface area contributed by atoms with Crippen LogP contribution in [0, 0.1) is 0 Å². The van der Waals surface area contributed by atoms with Gasteiger partial charge >= 0.3 is 5.97 Å². The van der Waals surface area contributed by atoms with E-state index in [1.54, 1.807) is 84.9 Å². The molecule has 20 N–H and O–H groups in total. The van der Waals surface area contributed by atoms with E-state index >= 15 is 0 Å². The first-order valence-electron chi connectivity index (χ1n) is 30.1. The molecule has 29 nitrogen and oxygen atoms in total. The molecular formula is C63H80N16O13S2. The zero-order valence-corrected chi connectivity index (χ0v) is 53.3. The average molecular weight is 1330 g/mol. The average Bonchev–Trinajstić information content (AvgIpc) is 1.17. The highest BCUT2D eigenvalue weighted by atomic mass is 33.1. The molecule has 1 aliphatic heterocycles. The Morgan fingerprint density at radius 3 is 1.67 bits per heavy atom. The summed E-state index contributed by atoms with van der Waals surface area (Å²) in [5.74, 6) is -12.0. The van der Waals surface area contributed by atoms with Gasteiger partial charge in [0.25, 0.3) is 0 Å². The summed E-state index contributed by atoms with van der Waals surface area (Å²) >= 11 is 0. The van der Waals surface area contributed by atoms with Gasteiger partial charge in [0.1, 0.15) is 54.4 Å². The molecule has 1 aliphatic rings. The van der Waals surface area contributed by atoms with Gasteiger partial charge < -0.3 is 86.0 Å². The van der Waals surface area contributed by atoms with Crippen LogP contribution in [0.4, 0.5) is 0 Å². The Bertz CT molecular complexity index is 3410. The number of carboxylic acid groups (broad SMARTS) is 1. The number of guanidine groups is 1. The predicted molar refractivity (Wildman–Crippen MR) is 352 cm³/mol. The number of carbonyl (C=O) groups is 11. The Morgan fingerprint density at radius 2 is 1.12 bits per heavy atom. The highest BCUT2D eigenvalue weighted by Gasteiger charge is 2.37. The molecule has 5 aromatic rings. The Hall–Kier alpha value is -9.85. The van der Waals surface area contributed by atoms with Gasteiger partial charge in [-0.3, -0.25) is 57.7 Å². The lowest BCUT2D eigenvalue weighted by Gasteiger charge is -2.28. The van der Waals surface area contributed by atoms with Crippen LogP contribution in [0.5, 0.6) is 0 Å². The summed E-state index contributed by atoms with van der Waals surface area (Å²) in [6, 6.07) is 18.4. The highest BCUT2D eigenvalue weighted by Crippen LogP contribution is 2.25. The smallest absolute Gasteiger partial charge is 0.303 e. The van der Waals surface area contributed by atoms with Gasteiger partial charge in [-0.1, -0.05) is 137 Å². The molecule has 0 bridgehead atoms. The topological polar surface area (TPSA) is 482 Å². The molecule has 10 amide bonds. The number of rotatable bonds is 22. The van der Waals surface area contributed by atoms with Crippen molar-refractivity contribution in [2.45, 2.75) is 132 Å². The minimum absolute atomic E-state index is 0.0279. The van der Waals surface area contributed by atoms with Crippen LogP contribution < -0.4 is 70.8 Å². The zero-order chi connectivity index (χ0) is 68.3. The lowest BCUT2D eigenvalue weighted by molar-refractivity contribution is -0.138. The second-order valence-electron chi connectivity index (χ2n) is 22.3. The molecule has 0 unspecified atom stereocenters. The number of hydrogen-bond acceptors (Lipinski definition) is 17. The van der Waals surface area contributed by atoms with Crippen molar-refractivity contribution < 1.29 is 63.0 Å². The molecule has 1 saturated heterocycles. The summed E-state index contributed by atoms with van der Waals surface area (Å²) in [5, 5.41) is 43.6. The third-order valence-corrected chi connectivity index (χ3v) is 17.2. The lowest BCUT2D eigenvalue weighted by Crippen LogP contribution is -2.61. The van der Waals surface area contributed by atoms with Gasteiger partial charge in [0.2, 0.25) is 59.1 Å². The number of imidazole rings is 1. The van der Waals surface area contributed by atoms with E-state index in [1.165, 1.54) is 26.4 Å². The van der Waals surface area contributed by atoms with Crippen molar-refractivity contribution in [1.29, 1.82) is 0 Å². The Labute approximate surface area is 549 Å². The molecule has 1 fully saturated rings. The number of aromatic nitrogens is 2. The number of aliphatic hydroxyl groups excluding tert-OH is 1. The van der Waals surface area contributed by atoms with Crippen molar-refractivity contribution in [1.82, 2.24) is 57.8 Å². The number of nitrogens with one attached hydrogen (secondary N) is 10. The Balaban J connectivity index is 1.44. The Kier molecular flexibility index (Phi) is 28.8. The zero-order valence-electron chi connectivity index (χ0n) is 51.7. The Morgan fingerprint density at radius 1 is 0.617 bits per heavy atom. The summed E-state index contributed by atoms with van der Waals surface area (Å²) in [6.07, 6.45) is -0.738. The third-order valence-electron chi connectivity index (χ3n) is 14.8. The van der Waals surface area contributed by atoms with Crippen LogP contribution >= 0.6 is 21.6 Å². The van der Waals surface area contributed by atoms with Crippen LogP contribution in [0.15, 0.2) is 133 Å². The number of carbonyl (C=O) groups excluding carboxylic acids is 10. The number of aromatic amines is 1. The molecule has 0 saturated carbocycles. The van der Waals surface area contributed by atoms with Crippen LogP contribution in [0.2, 0.25) is 0 Å². The van der Waals surface area contributed by atoms with E-state index in [1.807, 2.05) is 30.3 Å². The molecular weight excluding hydrogens is 1250 g/mol. The van der Waals surface area contributed by atoms with Crippen molar-refractivity contribution in [3.63, 3.8) is 0 Å². The molecule has 31 heteroatoms. The van der Waals surface area contributed by atoms with E-state index < -0.39 is 144 Å². The lowest BCUT2D eigenvalue weighted by atomic mass is 9.99. The molecule has 2 heterocycles. The number of H-pyrrole nitrogens is 1. The van der Waals surface area contributed by atoms with Crippen molar-refractivity contribution >= 4 is 92.6 Å². The molecule has 94 heavy (non-hydrogen) atoms. The van der Waals surface area contributed by atoms with E-state index in [4.69, 9.17) is 22.9 Å². The minimum Gasteiger partial charge on any atom is -0.481 e. The number of nitrogens with zero attached hydrogens (tertiary/aromatic N) is 2. The molecule has 6 rings (SSSR count). The summed E-state index contributed by atoms with van der Waals surface area (Å²) in [5.41, 5.74) is 27.0. The van der Waals surface area contributed by atoms with Crippen LogP contribution in [0.25, 0.3) is 11.1 Å². The normalized spacial score (nSPS) is 21.7. The first kappa shape index (κ1) is 73.2. The number of aliphatic imine (C=N–C) groups is 1. The molecule has 4 aromatic carbocycles. The summed E-state index contributed by atoms with van der Waals surface area (Å²) in [6.45, 7) is 2.38. The first-order valence-corrected chi connectivity index (χ1v) is 32.6. The van der Waals surface area contributed by atoms with Crippen molar-refractivity contribution in [3.05, 3.63) is 150 Å². The molecule has 0 aliphatic carbocycles. The monoisotopic (exact) mass is 1330 g/mol. The van der Waals surface area contributed by atoms with Gasteiger partial charge in [-0.25, -0.2) is 4.98 Å². The summed E-state index contributed by atoms with van der Waals surface area (Å²) in [7, 11) is 1.81. The number of carboxylic acids is 1. The van der Waals surface area contributed by atoms with E-state index in [2.05, 4.69) is 62.8 Å². The minimum atomic E-state index is -1.70. The number of primary amides is 1. The number of hydrogen-bond donors (Lipinski definition) is 16. The fourth-order valence-corrected chi connectivity index (χ4v) is 12.0. The van der Waals surface area contributed by atoms with Crippen LogP contribution in [0.3, 0.4) is 0 Å². The third kappa shape index (κ3) is 24.0. The maximum absolute atomic E-state index is 15.0. The van der Waals surface area contributed by atoms with Gasteiger partial charge in [-0.15, -0.1) is 0 Å². The van der Waals surface area contributed by atoms with Crippen LogP contribution in [0.1, 0.15) is 61.9 Å². The number of aliphatic carboxylic acids is 1. The van der Waals surface area contributed by atoms with Crippen molar-refractivity contribution in [2.24, 2.45) is 27.9 Å². The van der Waals surface area contributed by atoms with Crippen molar-refractivity contribution in [3.8, 4) is 11.1 Å². The second kappa shape index (κ2) is 37.0. The number of amides is 10. The van der Waals surface area contributed by atoms with Gasteiger partial charge in [-0.05, 0) is 67.3 Å². The van der Waals surface area contributed by atoms with Crippen LogP contribution in [-0.2, 0) is 78.4 Å². The van der Waals surface area contributed by atoms with E-state index in [0.29, 0.717) is 22.4 Å². The number of nitrogens with two attached hydrogens (primary N) is 4. The van der Waals surface area contributed by atoms with Crippen molar-refractivity contribution in [2.75, 3.05) is 18.1 Å².